The minimum absolute atomic E-state index is 0. The van der Waals surface area contributed by atoms with Crippen LogP contribution < -0.4 is 4.74 Å². The van der Waals surface area contributed by atoms with Gasteiger partial charge < -0.3 is 14.9 Å². The van der Waals surface area contributed by atoms with E-state index in [0.29, 0.717) is 0 Å². The van der Waals surface area contributed by atoms with E-state index in [1.54, 1.807) is 12.1 Å². The molecule has 4 nitrogen and oxygen atoms in total. The van der Waals surface area contributed by atoms with Crippen molar-refractivity contribution < 1.29 is 14.9 Å². The third-order valence-electron chi connectivity index (χ3n) is 6.08. The SMILES string of the molecule is CC(c1ccccc1)C1(O)CCN(CC2Cc3ccc(O)cc3O2)CC1.Cl. The molecule has 1 saturated heterocycles. The maximum absolute atomic E-state index is 11.2. The van der Waals surface area contributed by atoms with Crippen LogP contribution in [0.1, 0.15) is 36.8 Å². The fraction of sp³-hybridized carbons (Fsp3) is 0.455. The highest BCUT2D eigenvalue weighted by atomic mass is 35.5. The molecule has 0 radical (unpaired) electrons. The van der Waals surface area contributed by atoms with Gasteiger partial charge in [0.25, 0.3) is 0 Å². The summed E-state index contributed by atoms with van der Waals surface area (Å²) in [5.74, 6) is 1.20. The maximum atomic E-state index is 11.2. The van der Waals surface area contributed by atoms with Gasteiger partial charge in [0.1, 0.15) is 17.6 Å². The van der Waals surface area contributed by atoms with E-state index in [1.807, 2.05) is 24.3 Å². The van der Waals surface area contributed by atoms with E-state index in [2.05, 4.69) is 24.0 Å². The Morgan fingerprint density at radius 2 is 1.85 bits per heavy atom. The molecule has 5 heteroatoms. The largest absolute Gasteiger partial charge is 0.508 e. The van der Waals surface area contributed by atoms with Gasteiger partial charge in [0.15, 0.2) is 0 Å². The molecular formula is C22H28ClNO3. The summed E-state index contributed by atoms with van der Waals surface area (Å²) in [6, 6.07) is 15.7. The molecule has 2 heterocycles. The molecule has 4 rings (SSSR count). The summed E-state index contributed by atoms with van der Waals surface area (Å²) >= 11 is 0. The third kappa shape index (κ3) is 4.23. The number of hydrogen-bond donors (Lipinski definition) is 2. The average Bonchev–Trinajstić information content (AvgIpc) is 3.05. The number of phenols is 1. The fourth-order valence-corrected chi connectivity index (χ4v) is 4.29. The van der Waals surface area contributed by atoms with Crippen LogP contribution >= 0.6 is 12.4 Å². The highest BCUT2D eigenvalue weighted by molar-refractivity contribution is 5.85. The molecule has 0 amide bonds. The maximum Gasteiger partial charge on any atom is 0.126 e. The Kier molecular flexibility index (Phi) is 5.99. The Balaban J connectivity index is 0.00000210. The average molecular weight is 390 g/mol. The van der Waals surface area contributed by atoms with Gasteiger partial charge in [0, 0.05) is 38.0 Å². The number of halogens is 1. The quantitative estimate of drug-likeness (QED) is 0.836. The summed E-state index contributed by atoms with van der Waals surface area (Å²) in [6.45, 7) is 4.77. The van der Waals surface area contributed by atoms with Crippen LogP contribution in [0.15, 0.2) is 48.5 Å². The molecule has 2 aromatic carbocycles. The van der Waals surface area contributed by atoms with Gasteiger partial charge in [0.05, 0.1) is 5.60 Å². The fourth-order valence-electron chi connectivity index (χ4n) is 4.29. The van der Waals surface area contributed by atoms with Crippen molar-refractivity contribution in [3.8, 4) is 11.5 Å². The van der Waals surface area contributed by atoms with Crippen molar-refractivity contribution in [2.45, 2.75) is 43.8 Å². The van der Waals surface area contributed by atoms with Gasteiger partial charge in [-0.15, -0.1) is 12.4 Å². The highest BCUT2D eigenvalue weighted by Crippen LogP contribution is 2.37. The minimum atomic E-state index is -0.636. The van der Waals surface area contributed by atoms with Gasteiger partial charge in [0.2, 0.25) is 0 Å². The van der Waals surface area contributed by atoms with E-state index in [0.717, 1.165) is 44.6 Å². The number of piperidine rings is 1. The number of benzene rings is 2. The Labute approximate surface area is 167 Å². The summed E-state index contributed by atoms with van der Waals surface area (Å²) in [6.07, 6.45) is 2.58. The summed E-state index contributed by atoms with van der Waals surface area (Å²) in [5.41, 5.74) is 1.74. The minimum Gasteiger partial charge on any atom is -0.508 e. The first-order valence-electron chi connectivity index (χ1n) is 9.52. The lowest BCUT2D eigenvalue weighted by molar-refractivity contribution is -0.0436. The number of phenolic OH excluding ortho intramolecular Hbond substituents is 1. The van der Waals surface area contributed by atoms with Crippen LogP contribution in [0.5, 0.6) is 11.5 Å². The molecule has 0 spiro atoms. The van der Waals surface area contributed by atoms with Crippen molar-refractivity contribution in [1.82, 2.24) is 4.90 Å². The normalized spacial score (nSPS) is 22.4. The molecule has 2 atom stereocenters. The first kappa shape index (κ1) is 20.0. The molecule has 2 aliphatic rings. The highest BCUT2D eigenvalue weighted by Gasteiger charge is 2.38. The molecule has 2 aliphatic heterocycles. The van der Waals surface area contributed by atoms with E-state index >= 15 is 0 Å². The first-order chi connectivity index (χ1) is 12.5. The lowest BCUT2D eigenvalue weighted by Crippen LogP contribution is -2.49. The summed E-state index contributed by atoms with van der Waals surface area (Å²) in [4.78, 5) is 2.39. The van der Waals surface area contributed by atoms with E-state index in [-0.39, 0.29) is 30.2 Å². The molecule has 0 bridgehead atoms. The second-order valence-corrected chi connectivity index (χ2v) is 7.77. The van der Waals surface area contributed by atoms with Gasteiger partial charge in [-0.05, 0) is 30.0 Å². The third-order valence-corrected chi connectivity index (χ3v) is 6.08. The van der Waals surface area contributed by atoms with Crippen molar-refractivity contribution in [3.05, 3.63) is 59.7 Å². The monoisotopic (exact) mass is 389 g/mol. The number of likely N-dealkylation sites (tertiary alicyclic amines) is 1. The molecule has 2 N–H and O–H groups in total. The van der Waals surface area contributed by atoms with Crippen LogP contribution in [-0.4, -0.2) is 46.5 Å². The van der Waals surface area contributed by atoms with Gasteiger partial charge in [-0.2, -0.15) is 0 Å². The smallest absolute Gasteiger partial charge is 0.126 e. The van der Waals surface area contributed by atoms with E-state index in [4.69, 9.17) is 4.74 Å². The van der Waals surface area contributed by atoms with Crippen molar-refractivity contribution in [2.75, 3.05) is 19.6 Å². The molecule has 0 saturated carbocycles. The topological polar surface area (TPSA) is 52.9 Å². The number of hydrogen-bond acceptors (Lipinski definition) is 4. The number of ether oxygens (including phenoxy) is 1. The van der Waals surface area contributed by atoms with Gasteiger partial charge in [-0.25, -0.2) is 0 Å². The predicted octanol–water partition coefficient (Wildman–Crippen LogP) is 3.75. The summed E-state index contributed by atoms with van der Waals surface area (Å²) < 4.78 is 6.00. The Bertz CT molecular complexity index is 759. The molecule has 1 fully saturated rings. The first-order valence-corrected chi connectivity index (χ1v) is 9.52. The van der Waals surface area contributed by atoms with Crippen molar-refractivity contribution >= 4 is 12.4 Å². The van der Waals surface area contributed by atoms with Gasteiger partial charge in [-0.1, -0.05) is 43.3 Å². The summed E-state index contributed by atoms with van der Waals surface area (Å²) in [7, 11) is 0. The summed E-state index contributed by atoms with van der Waals surface area (Å²) in [5, 5.41) is 20.7. The molecule has 2 unspecified atom stereocenters. The molecule has 2 aromatic rings. The van der Waals surface area contributed by atoms with Crippen LogP contribution in [0, 0.1) is 0 Å². The predicted molar refractivity (Wildman–Crippen MR) is 109 cm³/mol. The molecule has 0 aromatic heterocycles. The van der Waals surface area contributed by atoms with E-state index in [1.165, 1.54) is 11.1 Å². The van der Waals surface area contributed by atoms with Crippen molar-refractivity contribution in [1.29, 1.82) is 0 Å². The second kappa shape index (κ2) is 8.09. The zero-order valence-corrected chi connectivity index (χ0v) is 16.5. The number of aliphatic hydroxyl groups is 1. The van der Waals surface area contributed by atoms with Gasteiger partial charge >= 0.3 is 0 Å². The standard InChI is InChI=1S/C22H27NO3.ClH/c1-16(17-5-3-2-4-6-17)22(25)9-11-23(12-10-22)15-20-13-18-7-8-19(24)14-21(18)26-20;/h2-8,14,16,20,24-25H,9-13,15H2,1H3;1H. The molecular weight excluding hydrogens is 362 g/mol. The van der Waals surface area contributed by atoms with Gasteiger partial charge in [-0.3, -0.25) is 4.90 Å². The number of rotatable bonds is 4. The zero-order valence-electron chi connectivity index (χ0n) is 15.7. The molecule has 27 heavy (non-hydrogen) atoms. The van der Waals surface area contributed by atoms with E-state index in [9.17, 15) is 10.2 Å². The van der Waals surface area contributed by atoms with Crippen LogP contribution in [0.25, 0.3) is 0 Å². The van der Waals surface area contributed by atoms with Crippen LogP contribution in [0.4, 0.5) is 0 Å². The number of fused-ring (bicyclic) bond motifs is 1. The lowest BCUT2D eigenvalue weighted by Gasteiger charge is -2.42. The second-order valence-electron chi connectivity index (χ2n) is 7.77. The zero-order chi connectivity index (χ0) is 18.1. The van der Waals surface area contributed by atoms with Crippen LogP contribution in [0.3, 0.4) is 0 Å². The van der Waals surface area contributed by atoms with Crippen LogP contribution in [0.2, 0.25) is 0 Å². The lowest BCUT2D eigenvalue weighted by atomic mass is 9.77. The van der Waals surface area contributed by atoms with Crippen molar-refractivity contribution in [2.24, 2.45) is 0 Å². The van der Waals surface area contributed by atoms with E-state index < -0.39 is 5.60 Å². The Morgan fingerprint density at radius 1 is 1.15 bits per heavy atom. The molecule has 146 valence electrons. The number of aromatic hydroxyl groups is 1. The Morgan fingerprint density at radius 3 is 2.56 bits per heavy atom. The Hall–Kier alpha value is -1.75. The van der Waals surface area contributed by atoms with Crippen molar-refractivity contribution in [3.63, 3.8) is 0 Å². The molecule has 0 aliphatic carbocycles. The number of nitrogens with zero attached hydrogens (tertiary/aromatic N) is 1. The van der Waals surface area contributed by atoms with Crippen LogP contribution in [-0.2, 0) is 6.42 Å².